The molecular weight excluding hydrogens is 320 g/mol. The number of halogens is 1. The topological polar surface area (TPSA) is 0 Å². The van der Waals surface area contributed by atoms with Crippen LogP contribution >= 0.6 is 15.9 Å². The van der Waals surface area contributed by atoms with Crippen LogP contribution in [0, 0.1) is 0 Å². The van der Waals surface area contributed by atoms with Crippen molar-refractivity contribution in [3.05, 3.63) is 74.8 Å². The van der Waals surface area contributed by atoms with Crippen LogP contribution in [0.1, 0.15) is 54.9 Å². The normalized spacial score (nSPS) is 16.7. The van der Waals surface area contributed by atoms with Gasteiger partial charge in [-0.15, -0.1) is 0 Å². The second kappa shape index (κ2) is 6.19. The first kappa shape index (κ1) is 14.6. The smallest absolute Gasteiger partial charge is 0.0308 e. The lowest BCUT2D eigenvalue weighted by atomic mass is 9.85. The fraction of sp³-hybridized carbons (Fsp3) is 0.300. The molecule has 0 nitrogen and oxygen atoms in total. The van der Waals surface area contributed by atoms with Gasteiger partial charge in [-0.3, -0.25) is 0 Å². The van der Waals surface area contributed by atoms with Crippen LogP contribution in [0.2, 0.25) is 0 Å². The predicted molar refractivity (Wildman–Crippen MR) is 94.7 cm³/mol. The van der Waals surface area contributed by atoms with Gasteiger partial charge in [-0.2, -0.15) is 0 Å². The number of allylic oxidation sites excluding steroid dienone is 1. The Morgan fingerprint density at radius 2 is 1.86 bits per heavy atom. The largest absolute Gasteiger partial charge is 0.0654 e. The lowest BCUT2D eigenvalue weighted by Crippen LogP contribution is -2.04. The van der Waals surface area contributed by atoms with Crippen LogP contribution in [-0.4, -0.2) is 0 Å². The molecule has 2 aromatic rings. The lowest BCUT2D eigenvalue weighted by Gasteiger charge is -2.19. The van der Waals surface area contributed by atoms with Crippen molar-refractivity contribution < 1.29 is 0 Å². The van der Waals surface area contributed by atoms with Crippen molar-refractivity contribution in [3.63, 3.8) is 0 Å². The molecule has 108 valence electrons. The van der Waals surface area contributed by atoms with Gasteiger partial charge in [0.05, 0.1) is 0 Å². The van der Waals surface area contributed by atoms with Gasteiger partial charge >= 0.3 is 0 Å². The van der Waals surface area contributed by atoms with Gasteiger partial charge in [0.25, 0.3) is 0 Å². The quantitative estimate of drug-likeness (QED) is 0.609. The number of fused-ring (bicyclic) bond motifs is 1. The number of rotatable bonds is 4. The summed E-state index contributed by atoms with van der Waals surface area (Å²) in [7, 11) is 0. The predicted octanol–water partition coefficient (Wildman–Crippen LogP) is 6.34. The van der Waals surface area contributed by atoms with Crippen LogP contribution in [0.4, 0.5) is 0 Å². The zero-order valence-electron chi connectivity index (χ0n) is 12.7. The van der Waals surface area contributed by atoms with Crippen LogP contribution in [0.3, 0.4) is 0 Å². The lowest BCUT2D eigenvalue weighted by molar-refractivity contribution is 0.781. The highest BCUT2D eigenvalue weighted by atomic mass is 79.9. The van der Waals surface area contributed by atoms with E-state index in [-0.39, 0.29) is 0 Å². The molecule has 1 unspecified atom stereocenters. The summed E-state index contributed by atoms with van der Waals surface area (Å²) in [6.07, 6.45) is 6.02. The van der Waals surface area contributed by atoms with E-state index in [1.54, 1.807) is 0 Å². The Balaban J connectivity index is 2.06. The number of aryl methyl sites for hydroxylation is 1. The molecule has 3 rings (SSSR count). The molecule has 0 saturated heterocycles. The molecule has 1 heteroatoms. The van der Waals surface area contributed by atoms with E-state index in [4.69, 9.17) is 0 Å². The van der Waals surface area contributed by atoms with Gasteiger partial charge in [0.2, 0.25) is 0 Å². The minimum absolute atomic E-state index is 0.422. The Hall–Kier alpha value is -1.34. The molecule has 0 aromatic heterocycles. The van der Waals surface area contributed by atoms with Gasteiger partial charge in [-0.25, -0.2) is 0 Å². The summed E-state index contributed by atoms with van der Waals surface area (Å²) in [5.41, 5.74) is 7.24. The van der Waals surface area contributed by atoms with Gasteiger partial charge < -0.3 is 0 Å². The molecule has 1 aliphatic rings. The highest BCUT2D eigenvalue weighted by molar-refractivity contribution is 9.10. The highest BCUT2D eigenvalue weighted by Gasteiger charge is 2.25. The summed E-state index contributed by atoms with van der Waals surface area (Å²) in [6.45, 7) is 4.52. The maximum atomic E-state index is 3.62. The molecule has 0 spiro atoms. The first-order valence-electron chi connectivity index (χ1n) is 7.76. The fourth-order valence-corrected chi connectivity index (χ4v) is 3.70. The SMILES string of the molecule is CCCCc1ccccc1C1C(C)=Cc2ccc(Br)cc21. The Labute approximate surface area is 136 Å². The number of hydrogen-bond donors (Lipinski definition) is 0. The van der Waals surface area contributed by atoms with Crippen LogP contribution in [-0.2, 0) is 6.42 Å². The van der Waals surface area contributed by atoms with Gasteiger partial charge in [-0.05, 0) is 54.2 Å². The zero-order chi connectivity index (χ0) is 14.8. The van der Waals surface area contributed by atoms with Crippen molar-refractivity contribution in [3.8, 4) is 0 Å². The summed E-state index contributed by atoms with van der Waals surface area (Å²) < 4.78 is 1.17. The molecule has 21 heavy (non-hydrogen) atoms. The van der Waals surface area contributed by atoms with Crippen molar-refractivity contribution >= 4 is 22.0 Å². The van der Waals surface area contributed by atoms with E-state index >= 15 is 0 Å². The van der Waals surface area contributed by atoms with Crippen LogP contribution in [0.15, 0.2) is 52.5 Å². The summed E-state index contributed by atoms with van der Waals surface area (Å²) in [6, 6.07) is 15.6. The maximum absolute atomic E-state index is 3.62. The molecule has 0 radical (unpaired) electrons. The van der Waals surface area contributed by atoms with Crippen molar-refractivity contribution in [2.75, 3.05) is 0 Å². The van der Waals surface area contributed by atoms with Crippen LogP contribution in [0.5, 0.6) is 0 Å². The van der Waals surface area contributed by atoms with E-state index in [9.17, 15) is 0 Å². The Bertz CT molecular complexity index is 682. The van der Waals surface area contributed by atoms with E-state index in [0.29, 0.717) is 5.92 Å². The van der Waals surface area contributed by atoms with E-state index < -0.39 is 0 Å². The zero-order valence-corrected chi connectivity index (χ0v) is 14.3. The minimum Gasteiger partial charge on any atom is -0.0654 e. The fourth-order valence-electron chi connectivity index (χ4n) is 3.32. The molecular formula is C20H21Br. The highest BCUT2D eigenvalue weighted by Crippen LogP contribution is 2.43. The summed E-state index contributed by atoms with van der Waals surface area (Å²) in [4.78, 5) is 0. The molecule has 0 saturated carbocycles. The number of hydrogen-bond acceptors (Lipinski definition) is 0. The average Bonchev–Trinajstić information content (AvgIpc) is 2.80. The molecule has 2 aromatic carbocycles. The molecule has 0 heterocycles. The van der Waals surface area contributed by atoms with Crippen LogP contribution in [0.25, 0.3) is 6.08 Å². The van der Waals surface area contributed by atoms with Crippen molar-refractivity contribution in [2.24, 2.45) is 0 Å². The van der Waals surface area contributed by atoms with E-state index in [1.165, 1.54) is 51.6 Å². The Morgan fingerprint density at radius 1 is 1.05 bits per heavy atom. The summed E-state index contributed by atoms with van der Waals surface area (Å²) >= 11 is 3.62. The average molecular weight is 341 g/mol. The second-order valence-electron chi connectivity index (χ2n) is 5.90. The van der Waals surface area contributed by atoms with E-state index in [0.717, 1.165) is 0 Å². The molecule has 0 bridgehead atoms. The second-order valence-corrected chi connectivity index (χ2v) is 6.81. The van der Waals surface area contributed by atoms with Crippen molar-refractivity contribution in [1.82, 2.24) is 0 Å². The molecule has 0 amide bonds. The molecule has 1 atom stereocenters. The van der Waals surface area contributed by atoms with Crippen molar-refractivity contribution in [2.45, 2.75) is 39.0 Å². The Kier molecular flexibility index (Phi) is 4.30. The standard InChI is InChI=1S/C20H21Br/c1-3-4-7-15-8-5-6-9-18(15)20-14(2)12-16-10-11-17(21)13-19(16)20/h5-6,8-13,20H,3-4,7H2,1-2H3. The molecule has 0 aliphatic heterocycles. The first-order chi connectivity index (χ1) is 10.2. The third-order valence-electron chi connectivity index (χ3n) is 4.36. The molecule has 0 N–H and O–H groups in total. The van der Waals surface area contributed by atoms with Gasteiger partial charge in [0.1, 0.15) is 0 Å². The van der Waals surface area contributed by atoms with Crippen LogP contribution < -0.4 is 0 Å². The first-order valence-corrected chi connectivity index (χ1v) is 8.55. The van der Waals surface area contributed by atoms with E-state index in [1.807, 2.05) is 0 Å². The number of benzene rings is 2. The summed E-state index contributed by atoms with van der Waals surface area (Å²) in [5.74, 6) is 0.422. The monoisotopic (exact) mass is 340 g/mol. The number of unbranched alkanes of at least 4 members (excludes halogenated alkanes) is 1. The Morgan fingerprint density at radius 3 is 2.67 bits per heavy atom. The minimum atomic E-state index is 0.422. The third-order valence-corrected chi connectivity index (χ3v) is 4.86. The van der Waals surface area contributed by atoms with Gasteiger partial charge in [0.15, 0.2) is 0 Å². The van der Waals surface area contributed by atoms with Gasteiger partial charge in [-0.1, -0.05) is 71.3 Å². The van der Waals surface area contributed by atoms with E-state index in [2.05, 4.69) is 78.3 Å². The third kappa shape index (κ3) is 2.85. The van der Waals surface area contributed by atoms with Crippen molar-refractivity contribution in [1.29, 1.82) is 0 Å². The maximum Gasteiger partial charge on any atom is 0.0308 e. The summed E-state index contributed by atoms with van der Waals surface area (Å²) in [5, 5.41) is 0. The van der Waals surface area contributed by atoms with Gasteiger partial charge in [0, 0.05) is 10.4 Å². The molecule has 0 fully saturated rings. The molecule has 1 aliphatic carbocycles.